The second kappa shape index (κ2) is 4.51. The summed E-state index contributed by atoms with van der Waals surface area (Å²) in [4.78, 5) is 11.6. The minimum atomic E-state index is 0.0843. The molecule has 14 heavy (non-hydrogen) atoms. The molecule has 0 amide bonds. The minimum Gasteiger partial charge on any atom is -0.398 e. The van der Waals surface area contributed by atoms with Gasteiger partial charge in [-0.25, -0.2) is 0 Å². The Morgan fingerprint density at radius 2 is 2.07 bits per heavy atom. The third-order valence-electron chi connectivity index (χ3n) is 2.12. The summed E-state index contributed by atoms with van der Waals surface area (Å²) in [6, 6.07) is 5.50. The van der Waals surface area contributed by atoms with Crippen molar-refractivity contribution in [2.75, 3.05) is 12.0 Å². The number of thioether (sulfide) groups is 1. The molecule has 1 rings (SSSR count). The van der Waals surface area contributed by atoms with Gasteiger partial charge in [-0.15, -0.1) is 0 Å². The molecule has 0 atom stereocenters. The van der Waals surface area contributed by atoms with E-state index in [-0.39, 0.29) is 11.0 Å². The molecule has 0 heterocycles. The number of nitrogens with two attached hydrogens (primary N) is 1. The van der Waals surface area contributed by atoms with Crippen LogP contribution in [-0.4, -0.2) is 11.4 Å². The van der Waals surface area contributed by atoms with Gasteiger partial charge in [0.2, 0.25) is 5.12 Å². The van der Waals surface area contributed by atoms with Crippen molar-refractivity contribution in [3.05, 3.63) is 29.3 Å². The second-order valence-corrected chi connectivity index (χ2v) is 4.23. The molecule has 3 heteroatoms. The summed E-state index contributed by atoms with van der Waals surface area (Å²) in [5.74, 6) is 0.280. The highest BCUT2D eigenvalue weighted by molar-refractivity contribution is 8.13. The lowest BCUT2D eigenvalue weighted by atomic mass is 9.96. The maximum Gasteiger partial charge on any atom is 0.219 e. The maximum atomic E-state index is 11.6. The summed E-state index contributed by atoms with van der Waals surface area (Å²) in [6.45, 7) is 4.09. The minimum absolute atomic E-state index is 0.0843. The monoisotopic (exact) mass is 209 g/mol. The fourth-order valence-electron chi connectivity index (χ4n) is 1.52. The van der Waals surface area contributed by atoms with E-state index in [2.05, 4.69) is 0 Å². The van der Waals surface area contributed by atoms with Gasteiger partial charge < -0.3 is 5.73 Å². The SMILES string of the molecule is CSC(=O)c1cccc(N)c1C(C)C. The van der Waals surface area contributed by atoms with Crippen molar-refractivity contribution in [3.63, 3.8) is 0 Å². The van der Waals surface area contributed by atoms with Crippen LogP contribution in [0.2, 0.25) is 0 Å². The highest BCUT2D eigenvalue weighted by Crippen LogP contribution is 2.27. The number of benzene rings is 1. The van der Waals surface area contributed by atoms with Gasteiger partial charge in [-0.1, -0.05) is 37.7 Å². The Kier molecular flexibility index (Phi) is 3.58. The van der Waals surface area contributed by atoms with E-state index in [9.17, 15) is 4.79 Å². The van der Waals surface area contributed by atoms with Crippen LogP contribution in [0.5, 0.6) is 0 Å². The van der Waals surface area contributed by atoms with E-state index in [1.165, 1.54) is 11.8 Å². The van der Waals surface area contributed by atoms with Gasteiger partial charge in [0, 0.05) is 11.3 Å². The Bertz CT molecular complexity index is 347. The molecule has 1 aromatic rings. The number of anilines is 1. The van der Waals surface area contributed by atoms with Crippen molar-refractivity contribution in [1.29, 1.82) is 0 Å². The molecule has 1 aromatic carbocycles. The van der Waals surface area contributed by atoms with Crippen molar-refractivity contribution in [2.24, 2.45) is 0 Å². The van der Waals surface area contributed by atoms with Crippen molar-refractivity contribution in [3.8, 4) is 0 Å². The highest BCUT2D eigenvalue weighted by Gasteiger charge is 2.14. The molecule has 76 valence electrons. The summed E-state index contributed by atoms with van der Waals surface area (Å²) < 4.78 is 0. The third kappa shape index (κ3) is 2.10. The van der Waals surface area contributed by atoms with E-state index in [1.54, 1.807) is 6.26 Å². The molecule has 0 aliphatic heterocycles. The fraction of sp³-hybridized carbons (Fsp3) is 0.364. The first-order chi connectivity index (χ1) is 6.57. The lowest BCUT2D eigenvalue weighted by molar-refractivity contribution is 0.108. The quantitative estimate of drug-likeness (QED) is 0.762. The van der Waals surface area contributed by atoms with Crippen LogP contribution in [0.25, 0.3) is 0 Å². The molecule has 0 bridgehead atoms. The van der Waals surface area contributed by atoms with Gasteiger partial charge in [0.25, 0.3) is 0 Å². The van der Waals surface area contributed by atoms with Crippen LogP contribution in [0.1, 0.15) is 35.7 Å². The number of rotatable bonds is 2. The smallest absolute Gasteiger partial charge is 0.219 e. The zero-order chi connectivity index (χ0) is 10.7. The first-order valence-corrected chi connectivity index (χ1v) is 5.77. The molecule has 0 aromatic heterocycles. The zero-order valence-corrected chi connectivity index (χ0v) is 9.52. The summed E-state index contributed by atoms with van der Waals surface area (Å²) in [6.07, 6.45) is 1.79. The molecule has 2 nitrogen and oxygen atoms in total. The molecule has 0 spiro atoms. The highest BCUT2D eigenvalue weighted by atomic mass is 32.2. The van der Waals surface area contributed by atoms with Crippen molar-refractivity contribution in [1.82, 2.24) is 0 Å². The van der Waals surface area contributed by atoms with E-state index in [1.807, 2.05) is 32.0 Å². The lowest BCUT2D eigenvalue weighted by Crippen LogP contribution is -2.05. The Morgan fingerprint density at radius 3 is 2.57 bits per heavy atom. The Morgan fingerprint density at radius 1 is 1.43 bits per heavy atom. The Balaban J connectivity index is 3.28. The van der Waals surface area contributed by atoms with Crippen LogP contribution in [0, 0.1) is 0 Å². The van der Waals surface area contributed by atoms with Crippen LogP contribution >= 0.6 is 11.8 Å². The standard InChI is InChI=1S/C11H15NOS/c1-7(2)10-8(11(13)14-3)5-4-6-9(10)12/h4-7H,12H2,1-3H3. The van der Waals surface area contributed by atoms with E-state index in [0.717, 1.165) is 11.1 Å². The first kappa shape index (κ1) is 11.1. The average Bonchev–Trinajstić information content (AvgIpc) is 2.15. The fourth-order valence-corrected chi connectivity index (χ4v) is 1.91. The van der Waals surface area contributed by atoms with E-state index in [0.29, 0.717) is 5.69 Å². The second-order valence-electron chi connectivity index (χ2n) is 3.45. The molecule has 0 saturated carbocycles. The molecular formula is C11H15NOS. The summed E-state index contributed by atoms with van der Waals surface area (Å²) >= 11 is 1.22. The van der Waals surface area contributed by atoms with Crippen LogP contribution in [0.4, 0.5) is 5.69 Å². The normalized spacial score (nSPS) is 10.6. The van der Waals surface area contributed by atoms with Crippen LogP contribution in [-0.2, 0) is 0 Å². The van der Waals surface area contributed by atoms with E-state index in [4.69, 9.17) is 5.73 Å². The van der Waals surface area contributed by atoms with Gasteiger partial charge in [-0.2, -0.15) is 0 Å². The lowest BCUT2D eigenvalue weighted by Gasteiger charge is -2.13. The number of nitrogen functional groups attached to an aromatic ring is 1. The molecule has 0 aliphatic rings. The third-order valence-corrected chi connectivity index (χ3v) is 2.71. The maximum absolute atomic E-state index is 11.6. The number of hydrogen-bond acceptors (Lipinski definition) is 3. The summed E-state index contributed by atoms with van der Waals surface area (Å²) in [5, 5.41) is 0.0843. The average molecular weight is 209 g/mol. The van der Waals surface area contributed by atoms with Crippen LogP contribution in [0.15, 0.2) is 18.2 Å². The molecule has 2 N–H and O–H groups in total. The summed E-state index contributed by atoms with van der Waals surface area (Å²) in [5.41, 5.74) is 8.27. The van der Waals surface area contributed by atoms with Gasteiger partial charge in [0.15, 0.2) is 0 Å². The van der Waals surface area contributed by atoms with Gasteiger partial charge in [0.1, 0.15) is 0 Å². The topological polar surface area (TPSA) is 43.1 Å². The number of carbonyl (C=O) groups excluding carboxylic acids is 1. The summed E-state index contributed by atoms with van der Waals surface area (Å²) in [7, 11) is 0. The molecule has 0 saturated heterocycles. The largest absolute Gasteiger partial charge is 0.398 e. The predicted molar refractivity (Wildman–Crippen MR) is 62.8 cm³/mol. The molecule has 0 aliphatic carbocycles. The predicted octanol–water partition coefficient (Wildman–Crippen LogP) is 2.90. The number of carbonyl (C=O) groups is 1. The molecule has 0 unspecified atom stereocenters. The van der Waals surface area contributed by atoms with Crippen LogP contribution < -0.4 is 5.73 Å². The van der Waals surface area contributed by atoms with Crippen LogP contribution in [0.3, 0.4) is 0 Å². The van der Waals surface area contributed by atoms with E-state index >= 15 is 0 Å². The van der Waals surface area contributed by atoms with Crippen molar-refractivity contribution >= 4 is 22.6 Å². The van der Waals surface area contributed by atoms with Gasteiger partial charge in [-0.3, -0.25) is 4.79 Å². The van der Waals surface area contributed by atoms with Gasteiger partial charge >= 0.3 is 0 Å². The van der Waals surface area contributed by atoms with Crippen molar-refractivity contribution < 1.29 is 4.79 Å². The number of hydrogen-bond donors (Lipinski definition) is 1. The molecular weight excluding hydrogens is 194 g/mol. The van der Waals surface area contributed by atoms with Gasteiger partial charge in [0.05, 0.1) is 0 Å². The van der Waals surface area contributed by atoms with Crippen molar-refractivity contribution in [2.45, 2.75) is 19.8 Å². The molecule has 0 fully saturated rings. The zero-order valence-electron chi connectivity index (χ0n) is 8.70. The van der Waals surface area contributed by atoms with Gasteiger partial charge in [-0.05, 0) is 23.8 Å². The first-order valence-electron chi connectivity index (χ1n) is 4.54. The van der Waals surface area contributed by atoms with E-state index < -0.39 is 0 Å². The molecule has 0 radical (unpaired) electrons. The Labute approximate surface area is 88.9 Å². The Hall–Kier alpha value is -0.960.